The smallest absolute Gasteiger partial charge is 0.107 e. The van der Waals surface area contributed by atoms with Crippen LogP contribution in [0.15, 0.2) is 16.5 Å². The SMILES string of the molecule is CCCCCCCC(CCCCCC)c1ccc(CC)o1. The maximum Gasteiger partial charge on any atom is 0.107 e. The van der Waals surface area contributed by atoms with Crippen LogP contribution in [0.3, 0.4) is 0 Å². The van der Waals surface area contributed by atoms with Crippen molar-refractivity contribution in [1.29, 1.82) is 0 Å². The van der Waals surface area contributed by atoms with E-state index in [-0.39, 0.29) is 0 Å². The van der Waals surface area contributed by atoms with Gasteiger partial charge in [-0.25, -0.2) is 0 Å². The summed E-state index contributed by atoms with van der Waals surface area (Å²) in [6.07, 6.45) is 15.9. The van der Waals surface area contributed by atoms with Crippen molar-refractivity contribution in [1.82, 2.24) is 0 Å². The Kier molecular flexibility index (Phi) is 10.4. The van der Waals surface area contributed by atoms with Crippen LogP contribution in [-0.2, 0) is 6.42 Å². The van der Waals surface area contributed by atoms with Crippen molar-refractivity contribution >= 4 is 0 Å². The number of aryl methyl sites for hydroxylation is 1. The van der Waals surface area contributed by atoms with E-state index in [4.69, 9.17) is 4.42 Å². The molecule has 1 rings (SSSR count). The summed E-state index contributed by atoms with van der Waals surface area (Å²) in [5, 5.41) is 0. The third-order valence-corrected chi connectivity index (χ3v) is 4.50. The third kappa shape index (κ3) is 7.74. The molecule has 0 amide bonds. The molecule has 122 valence electrons. The second-order valence-electron chi connectivity index (χ2n) is 6.41. The van der Waals surface area contributed by atoms with E-state index in [2.05, 4.69) is 32.9 Å². The standard InChI is InChI=1S/C20H36O/c1-4-7-9-11-13-15-18(14-12-10-8-5-2)20-17-16-19(6-3)21-20/h16-18H,4-15H2,1-3H3. The lowest BCUT2D eigenvalue weighted by molar-refractivity contribution is 0.390. The van der Waals surface area contributed by atoms with Gasteiger partial charge in [-0.15, -0.1) is 0 Å². The van der Waals surface area contributed by atoms with Crippen LogP contribution < -0.4 is 0 Å². The first-order valence-corrected chi connectivity index (χ1v) is 9.40. The van der Waals surface area contributed by atoms with Gasteiger partial charge in [-0.05, 0) is 25.0 Å². The van der Waals surface area contributed by atoms with Gasteiger partial charge in [0.05, 0.1) is 0 Å². The quantitative estimate of drug-likeness (QED) is 0.349. The van der Waals surface area contributed by atoms with Crippen LogP contribution in [0.4, 0.5) is 0 Å². The summed E-state index contributed by atoms with van der Waals surface area (Å²) < 4.78 is 6.03. The number of furan rings is 1. The molecular formula is C20H36O. The predicted molar refractivity (Wildman–Crippen MR) is 93.0 cm³/mol. The highest BCUT2D eigenvalue weighted by atomic mass is 16.3. The van der Waals surface area contributed by atoms with Gasteiger partial charge in [0.25, 0.3) is 0 Å². The first-order valence-electron chi connectivity index (χ1n) is 9.40. The Morgan fingerprint density at radius 1 is 0.762 bits per heavy atom. The number of rotatable bonds is 13. The number of hydrogen-bond acceptors (Lipinski definition) is 1. The molecular weight excluding hydrogens is 256 g/mol. The summed E-state index contributed by atoms with van der Waals surface area (Å²) in [5.74, 6) is 3.05. The highest BCUT2D eigenvalue weighted by Gasteiger charge is 2.15. The van der Waals surface area contributed by atoms with Crippen LogP contribution in [0.5, 0.6) is 0 Å². The van der Waals surface area contributed by atoms with Crippen molar-refractivity contribution in [3.05, 3.63) is 23.7 Å². The Morgan fingerprint density at radius 3 is 1.86 bits per heavy atom. The Hall–Kier alpha value is -0.720. The zero-order valence-corrected chi connectivity index (χ0v) is 14.6. The van der Waals surface area contributed by atoms with Gasteiger partial charge in [0.2, 0.25) is 0 Å². The molecule has 0 radical (unpaired) electrons. The van der Waals surface area contributed by atoms with E-state index < -0.39 is 0 Å². The molecule has 1 heterocycles. The average molecular weight is 293 g/mol. The maximum absolute atomic E-state index is 6.03. The molecule has 0 aliphatic rings. The zero-order chi connectivity index (χ0) is 15.3. The second-order valence-corrected chi connectivity index (χ2v) is 6.41. The van der Waals surface area contributed by atoms with Crippen LogP contribution in [-0.4, -0.2) is 0 Å². The summed E-state index contributed by atoms with van der Waals surface area (Å²) in [5.41, 5.74) is 0. The fourth-order valence-corrected chi connectivity index (χ4v) is 3.04. The Balaban J connectivity index is 2.41. The molecule has 0 N–H and O–H groups in total. The molecule has 1 heteroatoms. The summed E-state index contributed by atoms with van der Waals surface area (Å²) in [6.45, 7) is 6.74. The molecule has 0 fully saturated rings. The van der Waals surface area contributed by atoms with Crippen LogP contribution >= 0.6 is 0 Å². The summed E-state index contributed by atoms with van der Waals surface area (Å²) in [6, 6.07) is 4.40. The van der Waals surface area contributed by atoms with Crippen molar-refractivity contribution < 1.29 is 4.42 Å². The van der Waals surface area contributed by atoms with Crippen molar-refractivity contribution in [2.24, 2.45) is 0 Å². The fraction of sp³-hybridized carbons (Fsp3) is 0.800. The molecule has 1 atom stereocenters. The van der Waals surface area contributed by atoms with Crippen LogP contribution in [0.1, 0.15) is 109 Å². The molecule has 0 saturated carbocycles. The van der Waals surface area contributed by atoms with Gasteiger partial charge in [0, 0.05) is 12.3 Å². The Labute approximate surface area is 132 Å². The lowest BCUT2D eigenvalue weighted by Gasteiger charge is -2.14. The first-order chi connectivity index (χ1) is 10.3. The minimum Gasteiger partial charge on any atom is -0.466 e. The van der Waals surface area contributed by atoms with Gasteiger partial charge in [0.15, 0.2) is 0 Å². The molecule has 0 aromatic carbocycles. The summed E-state index contributed by atoms with van der Waals surface area (Å²) in [4.78, 5) is 0. The molecule has 1 aromatic heterocycles. The van der Waals surface area contributed by atoms with E-state index in [1.807, 2.05) is 0 Å². The molecule has 1 nitrogen and oxygen atoms in total. The fourth-order valence-electron chi connectivity index (χ4n) is 3.04. The molecule has 0 bridgehead atoms. The number of unbranched alkanes of at least 4 members (excludes halogenated alkanes) is 7. The molecule has 0 aliphatic heterocycles. The lowest BCUT2D eigenvalue weighted by atomic mass is 9.92. The largest absolute Gasteiger partial charge is 0.466 e. The topological polar surface area (TPSA) is 13.1 Å². The van der Waals surface area contributed by atoms with E-state index in [1.165, 1.54) is 76.4 Å². The maximum atomic E-state index is 6.03. The lowest BCUT2D eigenvalue weighted by Crippen LogP contribution is -1.98. The van der Waals surface area contributed by atoms with E-state index in [9.17, 15) is 0 Å². The van der Waals surface area contributed by atoms with Crippen LogP contribution in [0.25, 0.3) is 0 Å². The minimum atomic E-state index is 0.656. The molecule has 1 aromatic rings. The van der Waals surface area contributed by atoms with Gasteiger partial charge >= 0.3 is 0 Å². The highest BCUT2D eigenvalue weighted by molar-refractivity contribution is 5.11. The highest BCUT2D eigenvalue weighted by Crippen LogP contribution is 2.30. The Morgan fingerprint density at radius 2 is 1.33 bits per heavy atom. The number of hydrogen-bond donors (Lipinski definition) is 0. The van der Waals surface area contributed by atoms with Gasteiger partial charge in [-0.1, -0.05) is 78.6 Å². The van der Waals surface area contributed by atoms with E-state index in [1.54, 1.807) is 0 Å². The van der Waals surface area contributed by atoms with E-state index >= 15 is 0 Å². The van der Waals surface area contributed by atoms with Gasteiger partial charge < -0.3 is 4.42 Å². The molecule has 0 aliphatic carbocycles. The predicted octanol–water partition coefficient (Wildman–Crippen LogP) is 7.26. The molecule has 0 spiro atoms. The Bertz CT molecular complexity index is 339. The van der Waals surface area contributed by atoms with Crippen molar-refractivity contribution in [2.75, 3.05) is 0 Å². The average Bonchev–Trinajstić information content (AvgIpc) is 2.98. The molecule has 1 unspecified atom stereocenters. The second kappa shape index (κ2) is 11.9. The monoisotopic (exact) mass is 292 g/mol. The molecule has 0 saturated heterocycles. The first kappa shape index (κ1) is 18.3. The van der Waals surface area contributed by atoms with Crippen molar-refractivity contribution in [3.8, 4) is 0 Å². The van der Waals surface area contributed by atoms with Crippen LogP contribution in [0, 0.1) is 0 Å². The van der Waals surface area contributed by atoms with Crippen molar-refractivity contribution in [3.63, 3.8) is 0 Å². The third-order valence-electron chi connectivity index (χ3n) is 4.50. The van der Waals surface area contributed by atoms with E-state index in [0.29, 0.717) is 5.92 Å². The van der Waals surface area contributed by atoms with Crippen LogP contribution in [0.2, 0.25) is 0 Å². The molecule has 21 heavy (non-hydrogen) atoms. The summed E-state index contributed by atoms with van der Waals surface area (Å²) >= 11 is 0. The van der Waals surface area contributed by atoms with E-state index in [0.717, 1.165) is 12.2 Å². The van der Waals surface area contributed by atoms with Gasteiger partial charge in [-0.3, -0.25) is 0 Å². The normalized spacial score (nSPS) is 12.7. The van der Waals surface area contributed by atoms with Crippen molar-refractivity contribution in [2.45, 2.75) is 104 Å². The van der Waals surface area contributed by atoms with Gasteiger partial charge in [-0.2, -0.15) is 0 Å². The zero-order valence-electron chi connectivity index (χ0n) is 14.6. The summed E-state index contributed by atoms with van der Waals surface area (Å²) in [7, 11) is 0. The van der Waals surface area contributed by atoms with Gasteiger partial charge in [0.1, 0.15) is 11.5 Å². The minimum absolute atomic E-state index is 0.656.